The number of hydrogen-bond donors (Lipinski definition) is 0. The molecule has 0 radical (unpaired) electrons. The standard InChI is InChI=1S/C11H15BrO3/c1-5-14-10(13)8-6-7(9(12)15-8)11(2,3)4/h6H,5H2,1-4H3. The Kier molecular flexibility index (Phi) is 3.60. The molecule has 0 bridgehead atoms. The SMILES string of the molecule is CCOC(=O)c1cc(C(C)(C)C)c(Br)o1. The second-order valence-corrected chi connectivity index (χ2v) is 4.99. The fraction of sp³-hybridized carbons (Fsp3) is 0.545. The molecular formula is C11H15BrO3. The van der Waals surface area contributed by atoms with Gasteiger partial charge in [-0.2, -0.15) is 0 Å². The molecule has 4 heteroatoms. The number of halogens is 1. The molecule has 0 saturated carbocycles. The van der Waals surface area contributed by atoms with Crippen molar-refractivity contribution in [3.05, 3.63) is 22.1 Å². The van der Waals surface area contributed by atoms with Gasteiger partial charge in [-0.05, 0) is 34.3 Å². The summed E-state index contributed by atoms with van der Waals surface area (Å²) in [6.07, 6.45) is 0. The van der Waals surface area contributed by atoms with Crippen molar-refractivity contribution < 1.29 is 13.9 Å². The van der Waals surface area contributed by atoms with Crippen molar-refractivity contribution in [3.63, 3.8) is 0 Å². The molecule has 0 N–H and O–H groups in total. The van der Waals surface area contributed by atoms with E-state index in [4.69, 9.17) is 9.15 Å². The molecule has 1 aromatic rings. The Morgan fingerprint density at radius 1 is 1.53 bits per heavy atom. The first-order valence-electron chi connectivity index (χ1n) is 4.83. The second-order valence-electron chi connectivity index (χ2n) is 4.27. The number of furan rings is 1. The van der Waals surface area contributed by atoms with E-state index in [9.17, 15) is 4.79 Å². The molecule has 0 amide bonds. The van der Waals surface area contributed by atoms with Crippen LogP contribution in [0.15, 0.2) is 15.2 Å². The van der Waals surface area contributed by atoms with Crippen LogP contribution >= 0.6 is 15.9 Å². The largest absolute Gasteiger partial charge is 0.460 e. The minimum absolute atomic E-state index is 0.0624. The van der Waals surface area contributed by atoms with Gasteiger partial charge in [-0.1, -0.05) is 20.8 Å². The third-order valence-electron chi connectivity index (χ3n) is 1.97. The van der Waals surface area contributed by atoms with Crippen LogP contribution in [0, 0.1) is 0 Å². The van der Waals surface area contributed by atoms with Gasteiger partial charge in [0.15, 0.2) is 4.67 Å². The van der Waals surface area contributed by atoms with Crippen LogP contribution in [0.4, 0.5) is 0 Å². The zero-order chi connectivity index (χ0) is 11.6. The Balaban J connectivity index is 3.01. The van der Waals surface area contributed by atoms with E-state index in [1.54, 1.807) is 13.0 Å². The first-order valence-corrected chi connectivity index (χ1v) is 5.62. The van der Waals surface area contributed by atoms with Crippen LogP contribution in [0.2, 0.25) is 0 Å². The summed E-state index contributed by atoms with van der Waals surface area (Å²) in [7, 11) is 0. The predicted octanol–water partition coefficient (Wildman–Crippen LogP) is 3.52. The van der Waals surface area contributed by atoms with E-state index in [1.807, 2.05) is 0 Å². The quantitative estimate of drug-likeness (QED) is 0.775. The molecule has 15 heavy (non-hydrogen) atoms. The van der Waals surface area contributed by atoms with E-state index in [-0.39, 0.29) is 11.2 Å². The van der Waals surface area contributed by atoms with Crippen molar-refractivity contribution in [2.75, 3.05) is 6.61 Å². The van der Waals surface area contributed by atoms with E-state index < -0.39 is 5.97 Å². The maximum absolute atomic E-state index is 11.4. The first kappa shape index (κ1) is 12.3. The molecule has 0 aromatic carbocycles. The van der Waals surface area contributed by atoms with Crippen LogP contribution in [0.3, 0.4) is 0 Å². The summed E-state index contributed by atoms with van der Waals surface area (Å²) in [5, 5.41) is 0. The highest BCUT2D eigenvalue weighted by molar-refractivity contribution is 9.10. The van der Waals surface area contributed by atoms with Gasteiger partial charge in [-0.25, -0.2) is 4.79 Å². The Labute approximate surface area is 97.9 Å². The summed E-state index contributed by atoms with van der Waals surface area (Å²) in [5.74, 6) is -0.178. The summed E-state index contributed by atoms with van der Waals surface area (Å²) < 4.78 is 10.7. The number of ether oxygens (including phenoxy) is 1. The van der Waals surface area contributed by atoms with Crippen LogP contribution in [0.5, 0.6) is 0 Å². The van der Waals surface area contributed by atoms with Crippen molar-refractivity contribution in [2.24, 2.45) is 0 Å². The average molecular weight is 275 g/mol. The summed E-state index contributed by atoms with van der Waals surface area (Å²) in [6, 6.07) is 1.72. The lowest BCUT2D eigenvalue weighted by atomic mass is 9.89. The Morgan fingerprint density at radius 3 is 2.53 bits per heavy atom. The van der Waals surface area contributed by atoms with Gasteiger partial charge in [-0.15, -0.1) is 0 Å². The third kappa shape index (κ3) is 2.84. The maximum Gasteiger partial charge on any atom is 0.374 e. The summed E-state index contributed by atoms with van der Waals surface area (Å²) in [5.41, 5.74) is 0.901. The van der Waals surface area contributed by atoms with Crippen LogP contribution < -0.4 is 0 Å². The Bertz CT molecular complexity index is 360. The monoisotopic (exact) mass is 274 g/mol. The van der Waals surface area contributed by atoms with Crippen molar-refractivity contribution in [3.8, 4) is 0 Å². The minimum Gasteiger partial charge on any atom is -0.460 e. The topological polar surface area (TPSA) is 39.4 Å². The average Bonchev–Trinajstić information content (AvgIpc) is 2.47. The minimum atomic E-state index is -0.422. The molecule has 1 heterocycles. The van der Waals surface area contributed by atoms with Crippen molar-refractivity contribution >= 4 is 21.9 Å². The highest BCUT2D eigenvalue weighted by Gasteiger charge is 2.24. The van der Waals surface area contributed by atoms with Crippen molar-refractivity contribution in [1.82, 2.24) is 0 Å². The molecule has 0 unspecified atom stereocenters. The van der Waals surface area contributed by atoms with E-state index in [0.29, 0.717) is 11.3 Å². The number of hydrogen-bond acceptors (Lipinski definition) is 3. The highest BCUT2D eigenvalue weighted by Crippen LogP contribution is 2.32. The predicted molar refractivity (Wildman–Crippen MR) is 61.1 cm³/mol. The van der Waals surface area contributed by atoms with Gasteiger partial charge in [0.2, 0.25) is 5.76 Å². The first-order chi connectivity index (χ1) is 6.86. The number of rotatable bonds is 2. The Hall–Kier alpha value is -0.770. The van der Waals surface area contributed by atoms with E-state index in [1.165, 1.54) is 0 Å². The molecule has 0 aliphatic heterocycles. The smallest absolute Gasteiger partial charge is 0.374 e. The lowest BCUT2D eigenvalue weighted by molar-refractivity contribution is 0.0488. The molecule has 0 spiro atoms. The molecule has 0 saturated heterocycles. The molecule has 1 aromatic heterocycles. The molecule has 0 atom stereocenters. The second kappa shape index (κ2) is 4.39. The van der Waals surface area contributed by atoms with Crippen molar-refractivity contribution in [1.29, 1.82) is 0 Å². The number of carbonyl (C=O) groups excluding carboxylic acids is 1. The van der Waals surface area contributed by atoms with Gasteiger partial charge in [0.25, 0.3) is 0 Å². The third-order valence-corrected chi connectivity index (χ3v) is 2.56. The molecule has 84 valence electrons. The van der Waals surface area contributed by atoms with Crippen molar-refractivity contribution in [2.45, 2.75) is 33.1 Å². The van der Waals surface area contributed by atoms with Gasteiger partial charge >= 0.3 is 5.97 Å². The van der Waals surface area contributed by atoms with Gasteiger partial charge < -0.3 is 9.15 Å². The fourth-order valence-corrected chi connectivity index (χ4v) is 2.07. The van der Waals surface area contributed by atoms with Gasteiger partial charge in [-0.3, -0.25) is 0 Å². The van der Waals surface area contributed by atoms with Crippen LogP contribution in [0.1, 0.15) is 43.8 Å². The highest BCUT2D eigenvalue weighted by atomic mass is 79.9. The molecule has 3 nitrogen and oxygen atoms in total. The van der Waals surface area contributed by atoms with Gasteiger partial charge in [0.1, 0.15) is 0 Å². The molecule has 0 aliphatic rings. The Morgan fingerprint density at radius 2 is 2.13 bits per heavy atom. The molecule has 1 rings (SSSR count). The van der Waals surface area contributed by atoms with E-state index in [2.05, 4.69) is 36.7 Å². The fourth-order valence-electron chi connectivity index (χ4n) is 1.18. The lowest BCUT2D eigenvalue weighted by Gasteiger charge is -2.15. The summed E-state index contributed by atoms with van der Waals surface area (Å²) >= 11 is 3.30. The number of esters is 1. The van der Waals surface area contributed by atoms with Crippen LogP contribution in [0.25, 0.3) is 0 Å². The molecule has 0 aliphatic carbocycles. The molecule has 0 fully saturated rings. The lowest BCUT2D eigenvalue weighted by Crippen LogP contribution is -2.10. The normalized spacial score (nSPS) is 11.5. The summed E-state index contributed by atoms with van der Waals surface area (Å²) in [6.45, 7) is 8.27. The van der Waals surface area contributed by atoms with E-state index in [0.717, 1.165) is 5.56 Å². The van der Waals surface area contributed by atoms with Crippen LogP contribution in [-0.2, 0) is 10.2 Å². The van der Waals surface area contributed by atoms with Gasteiger partial charge in [0.05, 0.1) is 6.61 Å². The molecular weight excluding hydrogens is 260 g/mol. The van der Waals surface area contributed by atoms with E-state index >= 15 is 0 Å². The maximum atomic E-state index is 11.4. The van der Waals surface area contributed by atoms with Crippen LogP contribution in [-0.4, -0.2) is 12.6 Å². The number of carbonyl (C=O) groups is 1. The zero-order valence-electron chi connectivity index (χ0n) is 9.39. The summed E-state index contributed by atoms with van der Waals surface area (Å²) in [4.78, 5) is 11.4. The van der Waals surface area contributed by atoms with Gasteiger partial charge in [0, 0.05) is 5.56 Å². The zero-order valence-corrected chi connectivity index (χ0v) is 11.0.